The Morgan fingerprint density at radius 2 is 2.05 bits per heavy atom. The minimum absolute atomic E-state index is 0.204. The molecule has 0 unspecified atom stereocenters. The number of rotatable bonds is 8. The van der Waals surface area contributed by atoms with E-state index < -0.39 is 10.0 Å². The van der Waals surface area contributed by atoms with Crippen LogP contribution in [0.5, 0.6) is 0 Å². The van der Waals surface area contributed by atoms with Crippen molar-refractivity contribution in [2.75, 3.05) is 19.6 Å². The fraction of sp³-hybridized carbons (Fsp3) is 0.667. The lowest BCUT2D eigenvalue weighted by atomic mass is 10.4. The first kappa shape index (κ1) is 16.7. The second-order valence-electron chi connectivity index (χ2n) is 4.13. The molecular weight excluding hydrogens is 332 g/mol. The van der Waals surface area contributed by atoms with E-state index in [1.165, 1.54) is 4.31 Å². The summed E-state index contributed by atoms with van der Waals surface area (Å²) in [6.45, 7) is 8.06. The molecule has 0 saturated carbocycles. The predicted molar refractivity (Wildman–Crippen MR) is 78.5 cm³/mol. The van der Waals surface area contributed by atoms with E-state index in [2.05, 4.69) is 21.2 Å². The molecule has 5 nitrogen and oxygen atoms in total. The van der Waals surface area contributed by atoms with Gasteiger partial charge >= 0.3 is 0 Å². The molecule has 1 aromatic heterocycles. The fourth-order valence-corrected chi connectivity index (χ4v) is 4.25. The molecular formula is C12H21BrN2O3S. The van der Waals surface area contributed by atoms with Gasteiger partial charge in [0.05, 0.1) is 6.54 Å². The average Bonchev–Trinajstić information content (AvgIpc) is 2.75. The number of nitrogens with one attached hydrogen (secondary N) is 1. The standard InChI is InChI=1S/C12H21BrN2O3S/c1-4-7-15(6-3)19(16,17)11-8-10(9-14-5-2)18-12(11)13/h8,14H,4-7,9H2,1-3H3. The van der Waals surface area contributed by atoms with Gasteiger partial charge in [0.15, 0.2) is 4.67 Å². The SMILES string of the molecule is CCCN(CC)S(=O)(=O)c1cc(CNCC)oc1Br. The minimum Gasteiger partial charge on any atom is -0.452 e. The highest BCUT2D eigenvalue weighted by atomic mass is 79.9. The zero-order valence-electron chi connectivity index (χ0n) is 11.6. The van der Waals surface area contributed by atoms with Crippen LogP contribution in [0.3, 0.4) is 0 Å². The zero-order chi connectivity index (χ0) is 14.5. The van der Waals surface area contributed by atoms with Gasteiger partial charge in [-0.3, -0.25) is 0 Å². The smallest absolute Gasteiger partial charge is 0.247 e. The molecule has 0 atom stereocenters. The molecule has 1 aromatic rings. The Morgan fingerprint density at radius 1 is 1.37 bits per heavy atom. The quantitative estimate of drug-likeness (QED) is 0.780. The van der Waals surface area contributed by atoms with E-state index in [1.54, 1.807) is 6.07 Å². The number of hydrogen-bond acceptors (Lipinski definition) is 4. The van der Waals surface area contributed by atoms with Crippen LogP contribution in [0.15, 0.2) is 20.0 Å². The maximum Gasteiger partial charge on any atom is 0.247 e. The van der Waals surface area contributed by atoms with E-state index in [4.69, 9.17) is 4.42 Å². The van der Waals surface area contributed by atoms with Gasteiger partial charge in [-0.1, -0.05) is 20.8 Å². The van der Waals surface area contributed by atoms with Crippen molar-refractivity contribution in [2.45, 2.75) is 38.6 Å². The third-order valence-corrected chi connectivity index (χ3v) is 5.53. The molecule has 1 rings (SSSR count). The van der Waals surface area contributed by atoms with Gasteiger partial charge in [0.2, 0.25) is 10.0 Å². The van der Waals surface area contributed by atoms with Gasteiger partial charge in [-0.05, 0) is 28.9 Å². The van der Waals surface area contributed by atoms with Crippen LogP contribution in [-0.4, -0.2) is 32.4 Å². The van der Waals surface area contributed by atoms with Gasteiger partial charge in [0.25, 0.3) is 0 Å². The largest absolute Gasteiger partial charge is 0.452 e. The van der Waals surface area contributed by atoms with E-state index in [9.17, 15) is 8.42 Å². The molecule has 0 aliphatic heterocycles. The maximum absolute atomic E-state index is 12.5. The van der Waals surface area contributed by atoms with Gasteiger partial charge in [0.1, 0.15) is 10.7 Å². The van der Waals surface area contributed by atoms with E-state index in [-0.39, 0.29) is 9.56 Å². The molecule has 0 saturated heterocycles. The van der Waals surface area contributed by atoms with E-state index in [0.29, 0.717) is 25.4 Å². The van der Waals surface area contributed by atoms with Crippen LogP contribution in [0.1, 0.15) is 33.0 Å². The Hall–Kier alpha value is -0.370. The van der Waals surface area contributed by atoms with E-state index in [1.807, 2.05) is 20.8 Å². The molecule has 1 heterocycles. The van der Waals surface area contributed by atoms with Crippen LogP contribution in [0.2, 0.25) is 0 Å². The van der Waals surface area contributed by atoms with Crippen molar-refractivity contribution in [3.8, 4) is 0 Å². The van der Waals surface area contributed by atoms with Crippen molar-refractivity contribution in [3.05, 3.63) is 16.5 Å². The van der Waals surface area contributed by atoms with Crippen LogP contribution < -0.4 is 5.32 Å². The van der Waals surface area contributed by atoms with Crippen LogP contribution in [0.4, 0.5) is 0 Å². The molecule has 0 fully saturated rings. The lowest BCUT2D eigenvalue weighted by Crippen LogP contribution is -2.31. The van der Waals surface area contributed by atoms with Crippen molar-refractivity contribution in [1.29, 1.82) is 0 Å². The van der Waals surface area contributed by atoms with Crippen molar-refractivity contribution in [3.63, 3.8) is 0 Å². The van der Waals surface area contributed by atoms with Crippen LogP contribution in [0, 0.1) is 0 Å². The predicted octanol–water partition coefficient (Wildman–Crippen LogP) is 2.57. The van der Waals surface area contributed by atoms with Crippen molar-refractivity contribution in [2.24, 2.45) is 0 Å². The Morgan fingerprint density at radius 3 is 2.58 bits per heavy atom. The normalized spacial score (nSPS) is 12.3. The summed E-state index contributed by atoms with van der Waals surface area (Å²) >= 11 is 3.19. The number of furan rings is 1. The summed E-state index contributed by atoms with van der Waals surface area (Å²) in [6.07, 6.45) is 0.785. The minimum atomic E-state index is -3.48. The van der Waals surface area contributed by atoms with Crippen molar-refractivity contribution >= 4 is 26.0 Å². The molecule has 0 aromatic carbocycles. The van der Waals surface area contributed by atoms with Crippen LogP contribution in [0.25, 0.3) is 0 Å². The molecule has 1 N–H and O–H groups in total. The molecule has 0 aliphatic rings. The van der Waals surface area contributed by atoms with Crippen LogP contribution in [-0.2, 0) is 16.6 Å². The van der Waals surface area contributed by atoms with Gasteiger partial charge < -0.3 is 9.73 Å². The molecule has 0 amide bonds. The first-order valence-corrected chi connectivity index (χ1v) is 8.69. The van der Waals surface area contributed by atoms with Gasteiger partial charge in [-0.25, -0.2) is 8.42 Å². The first-order valence-electron chi connectivity index (χ1n) is 6.46. The average molecular weight is 353 g/mol. The Bertz CT molecular complexity index is 499. The number of sulfonamides is 1. The first-order chi connectivity index (χ1) is 8.97. The Balaban J connectivity index is 3.03. The molecule has 0 spiro atoms. The second kappa shape index (κ2) is 7.42. The molecule has 110 valence electrons. The highest BCUT2D eigenvalue weighted by Gasteiger charge is 2.27. The lowest BCUT2D eigenvalue weighted by Gasteiger charge is -2.18. The zero-order valence-corrected chi connectivity index (χ0v) is 14.0. The molecule has 7 heteroatoms. The highest BCUT2D eigenvalue weighted by molar-refractivity contribution is 9.10. The Labute approximate surface area is 123 Å². The lowest BCUT2D eigenvalue weighted by molar-refractivity contribution is 0.423. The summed E-state index contributed by atoms with van der Waals surface area (Å²) in [5.74, 6) is 0.611. The van der Waals surface area contributed by atoms with Crippen molar-refractivity contribution < 1.29 is 12.8 Å². The summed E-state index contributed by atoms with van der Waals surface area (Å²) in [7, 11) is -3.48. The fourth-order valence-electron chi connectivity index (χ4n) is 1.75. The van der Waals surface area contributed by atoms with E-state index >= 15 is 0 Å². The summed E-state index contributed by atoms with van der Waals surface area (Å²) in [4.78, 5) is 0.204. The summed E-state index contributed by atoms with van der Waals surface area (Å²) in [5, 5.41) is 3.10. The molecule has 0 radical (unpaired) electrons. The summed E-state index contributed by atoms with van der Waals surface area (Å²) in [6, 6.07) is 1.58. The monoisotopic (exact) mass is 352 g/mol. The summed E-state index contributed by atoms with van der Waals surface area (Å²) in [5.41, 5.74) is 0. The highest BCUT2D eigenvalue weighted by Crippen LogP contribution is 2.28. The third-order valence-electron chi connectivity index (χ3n) is 2.70. The van der Waals surface area contributed by atoms with Gasteiger partial charge in [0, 0.05) is 19.2 Å². The number of hydrogen-bond donors (Lipinski definition) is 1. The second-order valence-corrected chi connectivity index (χ2v) is 6.75. The van der Waals surface area contributed by atoms with Gasteiger partial charge in [-0.2, -0.15) is 4.31 Å². The maximum atomic E-state index is 12.5. The third kappa shape index (κ3) is 4.05. The molecule has 0 bridgehead atoms. The van der Waals surface area contributed by atoms with Crippen LogP contribution >= 0.6 is 15.9 Å². The molecule has 0 aliphatic carbocycles. The summed E-state index contributed by atoms with van der Waals surface area (Å²) < 4.78 is 32.1. The van der Waals surface area contributed by atoms with Crippen molar-refractivity contribution in [1.82, 2.24) is 9.62 Å². The Kier molecular flexibility index (Phi) is 6.52. The number of halogens is 1. The van der Waals surface area contributed by atoms with Gasteiger partial charge in [-0.15, -0.1) is 0 Å². The van der Waals surface area contributed by atoms with E-state index in [0.717, 1.165) is 13.0 Å². The molecule has 19 heavy (non-hydrogen) atoms. The number of nitrogens with zero attached hydrogens (tertiary/aromatic N) is 1. The topological polar surface area (TPSA) is 62.6 Å².